The normalized spacial score (nSPS) is 10.7. The smallest absolute Gasteiger partial charge is 0.330 e. The summed E-state index contributed by atoms with van der Waals surface area (Å²) in [5.74, 6) is -0.764. The predicted molar refractivity (Wildman–Crippen MR) is 111 cm³/mol. The third-order valence-corrected chi connectivity index (χ3v) is 4.62. The van der Waals surface area contributed by atoms with Gasteiger partial charge in [0.1, 0.15) is 5.82 Å². The maximum absolute atomic E-state index is 13.2. The fraction of sp³-hybridized carbons (Fsp3) is 0.389. The van der Waals surface area contributed by atoms with E-state index in [9.17, 15) is 24.5 Å². The van der Waals surface area contributed by atoms with Crippen molar-refractivity contribution in [2.24, 2.45) is 0 Å². The molecule has 0 radical (unpaired) electrons. The lowest BCUT2D eigenvalue weighted by Crippen LogP contribution is -2.41. The van der Waals surface area contributed by atoms with Crippen molar-refractivity contribution in [2.45, 2.75) is 39.7 Å². The molecule has 1 aromatic carbocycles. The molecule has 1 heterocycles. The lowest BCUT2D eigenvalue weighted by atomic mass is 10.1. The van der Waals surface area contributed by atoms with Crippen LogP contribution in [0.5, 0.6) is 0 Å². The van der Waals surface area contributed by atoms with Crippen LogP contribution in [0.25, 0.3) is 0 Å². The fourth-order valence-corrected chi connectivity index (χ4v) is 3.11. The van der Waals surface area contributed by atoms with Crippen LogP contribution < -0.4 is 21.9 Å². The monoisotopic (exact) mass is 423 g/mol. The SMILES string of the molecule is CCCCN(C(=O)c1ccc([N+](=O)[O-])cc1Cl)c1c(N)n(CCC)c(=O)[nH]c1=O. The Morgan fingerprint density at radius 3 is 2.55 bits per heavy atom. The first kappa shape index (κ1) is 22.2. The number of rotatable bonds is 8. The summed E-state index contributed by atoms with van der Waals surface area (Å²) in [7, 11) is 0. The minimum absolute atomic E-state index is 0.0135. The number of halogens is 1. The van der Waals surface area contributed by atoms with Gasteiger partial charge < -0.3 is 10.6 Å². The second-order valence-electron chi connectivity index (χ2n) is 6.38. The van der Waals surface area contributed by atoms with E-state index in [0.29, 0.717) is 12.8 Å². The van der Waals surface area contributed by atoms with Crippen LogP contribution >= 0.6 is 11.6 Å². The Kier molecular flexibility index (Phi) is 7.16. The van der Waals surface area contributed by atoms with Gasteiger partial charge in [0.2, 0.25) is 0 Å². The highest BCUT2D eigenvalue weighted by atomic mass is 35.5. The molecule has 10 nitrogen and oxygen atoms in total. The van der Waals surface area contributed by atoms with Crippen molar-refractivity contribution in [3.63, 3.8) is 0 Å². The number of non-ortho nitro benzene ring substituents is 1. The Hall–Kier alpha value is -3.14. The van der Waals surface area contributed by atoms with Gasteiger partial charge in [-0.1, -0.05) is 31.9 Å². The largest absolute Gasteiger partial charge is 0.383 e. The Morgan fingerprint density at radius 2 is 2.00 bits per heavy atom. The number of aromatic amines is 1. The summed E-state index contributed by atoms with van der Waals surface area (Å²) in [6.45, 7) is 4.17. The number of amides is 1. The van der Waals surface area contributed by atoms with Crippen LogP contribution in [0.4, 0.5) is 17.2 Å². The first-order valence-corrected chi connectivity index (χ1v) is 9.49. The van der Waals surface area contributed by atoms with Gasteiger partial charge in [0, 0.05) is 25.2 Å². The molecular formula is C18H22ClN5O5. The molecule has 2 rings (SSSR count). The summed E-state index contributed by atoms with van der Waals surface area (Å²) < 4.78 is 1.19. The van der Waals surface area contributed by atoms with E-state index in [2.05, 4.69) is 4.98 Å². The zero-order chi connectivity index (χ0) is 21.7. The standard InChI is InChI=1S/C18H22ClN5O5/c1-3-5-9-22(14-15(20)23(8-4-2)18(27)21-16(14)25)17(26)12-7-6-11(24(28)29)10-13(12)19/h6-7,10H,3-5,8-9,20H2,1-2H3,(H,21,25,27). The number of aromatic nitrogens is 2. The molecule has 0 unspecified atom stereocenters. The lowest BCUT2D eigenvalue weighted by Gasteiger charge is -2.24. The first-order valence-electron chi connectivity index (χ1n) is 9.11. The van der Waals surface area contributed by atoms with Crippen LogP contribution in [0, 0.1) is 10.1 Å². The quantitative estimate of drug-likeness (QED) is 0.493. The minimum atomic E-state index is -0.789. The fourth-order valence-electron chi connectivity index (χ4n) is 2.85. The maximum Gasteiger partial charge on any atom is 0.330 e. The second kappa shape index (κ2) is 9.37. The summed E-state index contributed by atoms with van der Waals surface area (Å²) in [6, 6.07) is 3.45. The van der Waals surface area contributed by atoms with Gasteiger partial charge in [0.25, 0.3) is 17.2 Å². The van der Waals surface area contributed by atoms with Crippen molar-refractivity contribution in [1.82, 2.24) is 9.55 Å². The number of benzene rings is 1. The van der Waals surface area contributed by atoms with Gasteiger partial charge in [0.05, 0.1) is 15.5 Å². The van der Waals surface area contributed by atoms with E-state index in [0.717, 1.165) is 23.5 Å². The van der Waals surface area contributed by atoms with Gasteiger partial charge in [-0.15, -0.1) is 0 Å². The summed E-state index contributed by atoms with van der Waals surface area (Å²) in [5.41, 5.74) is 4.22. The highest BCUT2D eigenvalue weighted by Gasteiger charge is 2.27. The van der Waals surface area contributed by atoms with Crippen molar-refractivity contribution in [3.8, 4) is 0 Å². The molecular weight excluding hydrogens is 402 g/mol. The van der Waals surface area contributed by atoms with Gasteiger partial charge in [-0.05, 0) is 18.9 Å². The second-order valence-corrected chi connectivity index (χ2v) is 6.78. The number of unbranched alkanes of at least 4 members (excludes halogenated alkanes) is 1. The minimum Gasteiger partial charge on any atom is -0.383 e. The van der Waals surface area contributed by atoms with Crippen LogP contribution in [-0.4, -0.2) is 26.9 Å². The van der Waals surface area contributed by atoms with E-state index in [1.54, 1.807) is 0 Å². The van der Waals surface area contributed by atoms with Crippen molar-refractivity contribution in [2.75, 3.05) is 17.2 Å². The molecule has 0 saturated carbocycles. The van der Waals surface area contributed by atoms with Crippen molar-refractivity contribution in [1.29, 1.82) is 0 Å². The number of nitro benzene ring substituents is 1. The molecule has 0 spiro atoms. The highest BCUT2D eigenvalue weighted by molar-refractivity contribution is 6.34. The lowest BCUT2D eigenvalue weighted by molar-refractivity contribution is -0.384. The van der Waals surface area contributed by atoms with Crippen molar-refractivity contribution >= 4 is 34.7 Å². The van der Waals surface area contributed by atoms with Crippen LogP contribution in [0.2, 0.25) is 5.02 Å². The topological polar surface area (TPSA) is 144 Å². The average Bonchev–Trinajstić information content (AvgIpc) is 2.66. The van der Waals surface area contributed by atoms with Crippen LogP contribution in [0.15, 0.2) is 27.8 Å². The number of nitrogens with zero attached hydrogens (tertiary/aromatic N) is 3. The number of anilines is 2. The molecule has 1 amide bonds. The molecule has 0 fully saturated rings. The van der Waals surface area contributed by atoms with Crippen molar-refractivity contribution in [3.05, 3.63) is 59.7 Å². The predicted octanol–water partition coefficient (Wildman–Crippen LogP) is 2.54. The van der Waals surface area contributed by atoms with Gasteiger partial charge in [-0.3, -0.25) is 29.3 Å². The molecule has 0 atom stereocenters. The van der Waals surface area contributed by atoms with E-state index in [1.807, 2.05) is 13.8 Å². The number of hydrogen-bond acceptors (Lipinski definition) is 6. The number of nitrogens with one attached hydrogen (secondary N) is 1. The van der Waals surface area contributed by atoms with Gasteiger partial charge in [-0.25, -0.2) is 4.79 Å². The van der Waals surface area contributed by atoms with Gasteiger partial charge >= 0.3 is 5.69 Å². The molecule has 0 aliphatic rings. The summed E-state index contributed by atoms with van der Waals surface area (Å²) in [4.78, 5) is 51.4. The number of nitro groups is 1. The Labute approximate surface area is 171 Å². The van der Waals surface area contributed by atoms with E-state index in [-0.39, 0.29) is 40.9 Å². The van der Waals surface area contributed by atoms with Gasteiger partial charge in [0.15, 0.2) is 5.69 Å². The third-order valence-electron chi connectivity index (χ3n) is 4.31. The molecule has 29 heavy (non-hydrogen) atoms. The number of nitrogens with two attached hydrogens (primary N) is 1. The molecule has 0 bridgehead atoms. The van der Waals surface area contributed by atoms with Gasteiger partial charge in [-0.2, -0.15) is 0 Å². The zero-order valence-corrected chi connectivity index (χ0v) is 16.9. The molecule has 0 saturated heterocycles. The number of carbonyl (C=O) groups excluding carboxylic acids is 1. The molecule has 2 aromatic rings. The van der Waals surface area contributed by atoms with Crippen LogP contribution in [0.1, 0.15) is 43.5 Å². The first-order chi connectivity index (χ1) is 13.7. The van der Waals surface area contributed by atoms with Crippen molar-refractivity contribution < 1.29 is 9.72 Å². The summed E-state index contributed by atoms with van der Waals surface area (Å²) in [5, 5.41) is 10.8. The molecule has 3 N–H and O–H groups in total. The van der Waals surface area contributed by atoms with E-state index >= 15 is 0 Å². The Morgan fingerprint density at radius 1 is 1.31 bits per heavy atom. The van der Waals surface area contributed by atoms with E-state index < -0.39 is 22.1 Å². The number of carbonyl (C=O) groups is 1. The Bertz CT molecular complexity index is 1050. The third kappa shape index (κ3) is 4.65. The number of hydrogen-bond donors (Lipinski definition) is 2. The molecule has 0 aliphatic carbocycles. The van der Waals surface area contributed by atoms with E-state index in [4.69, 9.17) is 17.3 Å². The van der Waals surface area contributed by atoms with E-state index in [1.165, 1.54) is 10.6 Å². The molecule has 11 heteroatoms. The summed E-state index contributed by atoms with van der Waals surface area (Å²) >= 11 is 6.10. The molecule has 0 aliphatic heterocycles. The molecule has 156 valence electrons. The highest BCUT2D eigenvalue weighted by Crippen LogP contribution is 2.26. The Balaban J connectivity index is 2.63. The average molecular weight is 424 g/mol. The maximum atomic E-state index is 13.2. The number of nitrogen functional groups attached to an aromatic ring is 1. The summed E-state index contributed by atoms with van der Waals surface area (Å²) in [6.07, 6.45) is 1.87. The number of H-pyrrole nitrogens is 1. The molecule has 1 aromatic heterocycles. The van der Waals surface area contributed by atoms with Crippen LogP contribution in [-0.2, 0) is 6.54 Å². The zero-order valence-electron chi connectivity index (χ0n) is 16.1. The van der Waals surface area contributed by atoms with Crippen LogP contribution in [0.3, 0.4) is 0 Å².